The minimum atomic E-state index is -0.00275. The Morgan fingerprint density at radius 2 is 1.78 bits per heavy atom. The van der Waals surface area contributed by atoms with Gasteiger partial charge in [-0.25, -0.2) is 0 Å². The third kappa shape index (κ3) is 7.98. The summed E-state index contributed by atoms with van der Waals surface area (Å²) in [4.78, 5) is 14.2. The van der Waals surface area contributed by atoms with E-state index in [1.807, 2.05) is 4.90 Å². The average molecular weight is 274 g/mol. The Hall–Kier alpha value is -0.220. The van der Waals surface area contributed by atoms with E-state index in [1.165, 1.54) is 0 Å². The number of thioether (sulfide) groups is 1. The molecule has 3 nitrogen and oxygen atoms in total. The Bertz CT molecular complexity index is 259. The molecule has 2 N–H and O–H groups in total. The first-order valence-corrected chi connectivity index (χ1v) is 7.71. The monoisotopic (exact) mass is 274 g/mol. The van der Waals surface area contributed by atoms with E-state index in [-0.39, 0.29) is 16.1 Å². The zero-order valence-corrected chi connectivity index (χ0v) is 13.7. The Labute approximate surface area is 117 Å². The lowest BCUT2D eigenvalue weighted by molar-refractivity contribution is -0.129. The van der Waals surface area contributed by atoms with Crippen molar-refractivity contribution in [2.75, 3.05) is 25.4 Å². The van der Waals surface area contributed by atoms with Gasteiger partial charge in [-0.2, -0.15) is 0 Å². The minimum Gasteiger partial charge on any atom is -0.341 e. The van der Waals surface area contributed by atoms with E-state index in [1.54, 1.807) is 11.8 Å². The first-order chi connectivity index (χ1) is 8.11. The molecular weight excluding hydrogens is 244 g/mol. The van der Waals surface area contributed by atoms with Crippen LogP contribution in [0.4, 0.5) is 0 Å². The highest BCUT2D eigenvalue weighted by Gasteiger charge is 2.24. The van der Waals surface area contributed by atoms with E-state index in [0.717, 1.165) is 19.5 Å². The van der Waals surface area contributed by atoms with Crippen molar-refractivity contribution in [2.45, 2.75) is 52.7 Å². The topological polar surface area (TPSA) is 46.3 Å². The van der Waals surface area contributed by atoms with E-state index in [4.69, 9.17) is 5.73 Å². The van der Waals surface area contributed by atoms with E-state index in [2.05, 4.69) is 41.5 Å². The Morgan fingerprint density at radius 3 is 2.17 bits per heavy atom. The molecule has 0 unspecified atom stereocenters. The fourth-order valence-electron chi connectivity index (χ4n) is 1.51. The van der Waals surface area contributed by atoms with Gasteiger partial charge >= 0.3 is 0 Å². The van der Waals surface area contributed by atoms with Crippen LogP contribution in [-0.4, -0.2) is 40.9 Å². The third-order valence-corrected chi connectivity index (χ3v) is 3.90. The first-order valence-electron chi connectivity index (χ1n) is 6.73. The van der Waals surface area contributed by atoms with Crippen LogP contribution in [-0.2, 0) is 4.79 Å². The number of carbonyl (C=O) groups excluding carboxylic acids is 1. The summed E-state index contributed by atoms with van der Waals surface area (Å²) in [5, 5.41) is 0. The number of rotatable bonds is 7. The van der Waals surface area contributed by atoms with Gasteiger partial charge in [0.15, 0.2) is 0 Å². The summed E-state index contributed by atoms with van der Waals surface area (Å²) in [7, 11) is 0. The van der Waals surface area contributed by atoms with Gasteiger partial charge in [-0.3, -0.25) is 4.79 Å². The van der Waals surface area contributed by atoms with Crippen LogP contribution in [0.2, 0.25) is 0 Å². The summed E-state index contributed by atoms with van der Waals surface area (Å²) in [5.41, 5.74) is 5.75. The maximum atomic E-state index is 12.2. The van der Waals surface area contributed by atoms with Gasteiger partial charge in [0.25, 0.3) is 0 Å². The second-order valence-electron chi connectivity index (χ2n) is 6.58. The van der Waals surface area contributed by atoms with Gasteiger partial charge in [0.2, 0.25) is 5.91 Å². The first kappa shape index (κ1) is 17.8. The van der Waals surface area contributed by atoms with Crippen molar-refractivity contribution in [3.05, 3.63) is 0 Å². The SMILES string of the molecule is CCCN(CC(C)(C)CN)C(=O)CSC(C)(C)C. The number of carbonyl (C=O) groups is 1. The van der Waals surface area contributed by atoms with Crippen molar-refractivity contribution in [1.82, 2.24) is 4.90 Å². The van der Waals surface area contributed by atoms with Crippen LogP contribution in [0.1, 0.15) is 48.0 Å². The maximum absolute atomic E-state index is 12.2. The summed E-state index contributed by atoms with van der Waals surface area (Å²) >= 11 is 1.71. The molecule has 0 fully saturated rings. The van der Waals surface area contributed by atoms with Crippen LogP contribution in [0.5, 0.6) is 0 Å². The molecule has 4 heteroatoms. The Morgan fingerprint density at radius 1 is 1.22 bits per heavy atom. The van der Waals surface area contributed by atoms with Gasteiger partial charge in [0.1, 0.15) is 0 Å². The molecule has 0 spiro atoms. The molecule has 0 aromatic heterocycles. The highest BCUT2D eigenvalue weighted by atomic mass is 32.2. The summed E-state index contributed by atoms with van der Waals surface area (Å²) in [6.45, 7) is 14.9. The van der Waals surface area contributed by atoms with Crippen molar-refractivity contribution >= 4 is 17.7 Å². The molecule has 1 amide bonds. The predicted octanol–water partition coefficient (Wildman–Crippen LogP) is 2.74. The molecule has 0 aliphatic carbocycles. The second kappa shape index (κ2) is 7.39. The van der Waals surface area contributed by atoms with Gasteiger partial charge in [0.05, 0.1) is 5.75 Å². The molecule has 108 valence electrons. The molecule has 0 radical (unpaired) electrons. The smallest absolute Gasteiger partial charge is 0.232 e. The van der Waals surface area contributed by atoms with Crippen LogP contribution >= 0.6 is 11.8 Å². The lowest BCUT2D eigenvalue weighted by Crippen LogP contribution is -2.43. The summed E-state index contributed by atoms with van der Waals surface area (Å²) in [6, 6.07) is 0. The number of nitrogens with zero attached hydrogens (tertiary/aromatic N) is 1. The number of nitrogens with two attached hydrogens (primary N) is 1. The highest BCUT2D eigenvalue weighted by molar-refractivity contribution is 8.01. The van der Waals surface area contributed by atoms with Crippen LogP contribution in [0, 0.1) is 5.41 Å². The maximum Gasteiger partial charge on any atom is 0.232 e. The van der Waals surface area contributed by atoms with Crippen molar-refractivity contribution < 1.29 is 4.79 Å². The molecule has 0 aromatic carbocycles. The van der Waals surface area contributed by atoms with E-state index < -0.39 is 0 Å². The summed E-state index contributed by atoms with van der Waals surface area (Å²) in [6.07, 6.45) is 0.993. The van der Waals surface area contributed by atoms with Crippen LogP contribution in [0.15, 0.2) is 0 Å². The molecular formula is C14H30N2OS. The van der Waals surface area contributed by atoms with Gasteiger partial charge in [-0.1, -0.05) is 41.5 Å². The average Bonchev–Trinajstić information content (AvgIpc) is 2.24. The normalized spacial score (nSPS) is 12.6. The number of hydrogen-bond donors (Lipinski definition) is 1. The highest BCUT2D eigenvalue weighted by Crippen LogP contribution is 2.24. The van der Waals surface area contributed by atoms with Gasteiger partial charge < -0.3 is 10.6 Å². The molecule has 0 rings (SSSR count). The fraction of sp³-hybridized carbons (Fsp3) is 0.929. The third-order valence-electron chi connectivity index (χ3n) is 2.65. The number of amides is 1. The standard InChI is InChI=1S/C14H30N2OS/c1-7-8-16(11-14(5,6)10-15)12(17)9-18-13(2,3)4/h7-11,15H2,1-6H3. The zero-order valence-electron chi connectivity index (χ0n) is 12.9. The Balaban J connectivity index is 4.45. The number of hydrogen-bond acceptors (Lipinski definition) is 3. The fourth-order valence-corrected chi connectivity index (χ4v) is 2.25. The molecule has 0 aromatic rings. The van der Waals surface area contributed by atoms with Gasteiger partial charge in [-0.15, -0.1) is 11.8 Å². The minimum absolute atomic E-state index is 0.00275. The largest absolute Gasteiger partial charge is 0.341 e. The van der Waals surface area contributed by atoms with Crippen molar-refractivity contribution in [3.8, 4) is 0 Å². The lowest BCUT2D eigenvalue weighted by atomic mass is 9.93. The molecule has 0 heterocycles. The second-order valence-corrected chi connectivity index (χ2v) is 8.39. The molecule has 0 atom stereocenters. The van der Waals surface area contributed by atoms with Crippen LogP contribution in [0.25, 0.3) is 0 Å². The molecule has 0 saturated carbocycles. The van der Waals surface area contributed by atoms with Crippen molar-refractivity contribution in [3.63, 3.8) is 0 Å². The van der Waals surface area contributed by atoms with Crippen molar-refractivity contribution in [2.24, 2.45) is 11.1 Å². The van der Waals surface area contributed by atoms with E-state index in [0.29, 0.717) is 12.3 Å². The predicted molar refractivity (Wildman–Crippen MR) is 81.9 cm³/mol. The summed E-state index contributed by atoms with van der Waals surface area (Å²) < 4.78 is 0.136. The Kier molecular flexibility index (Phi) is 7.30. The molecule has 0 saturated heterocycles. The summed E-state index contributed by atoms with van der Waals surface area (Å²) in [5.74, 6) is 0.794. The van der Waals surface area contributed by atoms with Gasteiger partial charge in [0, 0.05) is 17.8 Å². The van der Waals surface area contributed by atoms with Gasteiger partial charge in [-0.05, 0) is 18.4 Å². The van der Waals surface area contributed by atoms with E-state index >= 15 is 0 Å². The van der Waals surface area contributed by atoms with E-state index in [9.17, 15) is 4.79 Å². The van der Waals surface area contributed by atoms with Crippen molar-refractivity contribution in [1.29, 1.82) is 0 Å². The van der Waals surface area contributed by atoms with Crippen LogP contribution in [0.3, 0.4) is 0 Å². The molecule has 0 bridgehead atoms. The molecule has 0 aliphatic rings. The zero-order chi connectivity index (χ0) is 14.4. The molecule has 18 heavy (non-hydrogen) atoms. The quantitative estimate of drug-likeness (QED) is 0.776. The lowest BCUT2D eigenvalue weighted by Gasteiger charge is -2.32. The van der Waals surface area contributed by atoms with Crippen LogP contribution < -0.4 is 5.73 Å². The molecule has 0 aliphatic heterocycles.